The Bertz CT molecular complexity index is 347. The largest absolute Gasteiger partial charge is 0.393 e. The standard InChI is InChI=1S/C15H23NO/c1-11-7-12(2)9-14(8-11)16-10-13-3-5-15(17)6-4-13/h7-9,13,15-17H,3-6,10H2,1-2H3. The maximum absolute atomic E-state index is 9.46. The molecule has 1 aliphatic rings. The summed E-state index contributed by atoms with van der Waals surface area (Å²) in [5.74, 6) is 0.721. The molecule has 2 nitrogen and oxygen atoms in total. The predicted octanol–water partition coefficient (Wildman–Crippen LogP) is 3.27. The van der Waals surface area contributed by atoms with Gasteiger partial charge in [0.25, 0.3) is 0 Å². The smallest absolute Gasteiger partial charge is 0.0540 e. The average molecular weight is 233 g/mol. The summed E-state index contributed by atoms with van der Waals surface area (Å²) in [5, 5.41) is 13.0. The average Bonchev–Trinajstić information content (AvgIpc) is 2.27. The molecule has 1 fully saturated rings. The fraction of sp³-hybridized carbons (Fsp3) is 0.600. The summed E-state index contributed by atoms with van der Waals surface area (Å²) in [6, 6.07) is 6.59. The molecule has 2 heteroatoms. The summed E-state index contributed by atoms with van der Waals surface area (Å²) >= 11 is 0. The lowest BCUT2D eigenvalue weighted by Crippen LogP contribution is -2.23. The second-order valence-electron chi connectivity index (χ2n) is 5.43. The molecule has 2 rings (SSSR count). The van der Waals surface area contributed by atoms with E-state index >= 15 is 0 Å². The lowest BCUT2D eigenvalue weighted by Gasteiger charge is -2.25. The van der Waals surface area contributed by atoms with E-state index in [-0.39, 0.29) is 6.10 Å². The molecule has 94 valence electrons. The maximum atomic E-state index is 9.46. The number of aliphatic hydroxyl groups is 1. The Morgan fingerprint density at radius 3 is 2.24 bits per heavy atom. The number of anilines is 1. The molecule has 0 amide bonds. The van der Waals surface area contributed by atoms with Crippen molar-refractivity contribution in [1.29, 1.82) is 0 Å². The first-order valence-corrected chi connectivity index (χ1v) is 6.64. The molecule has 0 saturated heterocycles. The van der Waals surface area contributed by atoms with Gasteiger partial charge in [-0.15, -0.1) is 0 Å². The van der Waals surface area contributed by atoms with Crippen LogP contribution in [0, 0.1) is 19.8 Å². The molecule has 0 atom stereocenters. The van der Waals surface area contributed by atoms with Crippen LogP contribution in [0.15, 0.2) is 18.2 Å². The van der Waals surface area contributed by atoms with Gasteiger partial charge in [-0.1, -0.05) is 6.07 Å². The van der Waals surface area contributed by atoms with Crippen LogP contribution < -0.4 is 5.32 Å². The molecule has 0 heterocycles. The van der Waals surface area contributed by atoms with E-state index in [1.807, 2.05) is 0 Å². The van der Waals surface area contributed by atoms with Crippen LogP contribution in [-0.4, -0.2) is 17.8 Å². The first-order chi connectivity index (χ1) is 8.13. The Morgan fingerprint density at radius 2 is 1.65 bits per heavy atom. The van der Waals surface area contributed by atoms with Crippen molar-refractivity contribution >= 4 is 5.69 Å². The second-order valence-corrected chi connectivity index (χ2v) is 5.43. The third-order valence-electron chi connectivity index (χ3n) is 3.63. The van der Waals surface area contributed by atoms with E-state index in [4.69, 9.17) is 0 Å². The summed E-state index contributed by atoms with van der Waals surface area (Å²) in [4.78, 5) is 0. The van der Waals surface area contributed by atoms with Gasteiger partial charge >= 0.3 is 0 Å². The Labute approximate surface area is 104 Å². The molecule has 0 radical (unpaired) electrons. The molecule has 1 aromatic rings. The van der Waals surface area contributed by atoms with Crippen LogP contribution in [0.1, 0.15) is 36.8 Å². The molecule has 1 aromatic carbocycles. The van der Waals surface area contributed by atoms with Crippen molar-refractivity contribution < 1.29 is 5.11 Å². The van der Waals surface area contributed by atoms with E-state index in [1.165, 1.54) is 16.8 Å². The zero-order valence-corrected chi connectivity index (χ0v) is 10.9. The first-order valence-electron chi connectivity index (χ1n) is 6.64. The van der Waals surface area contributed by atoms with Crippen LogP contribution in [-0.2, 0) is 0 Å². The van der Waals surface area contributed by atoms with Gasteiger partial charge in [-0.25, -0.2) is 0 Å². The minimum atomic E-state index is -0.0486. The van der Waals surface area contributed by atoms with Crippen molar-refractivity contribution in [3.05, 3.63) is 29.3 Å². The highest BCUT2D eigenvalue weighted by atomic mass is 16.3. The van der Waals surface area contributed by atoms with E-state index in [9.17, 15) is 5.11 Å². The topological polar surface area (TPSA) is 32.3 Å². The summed E-state index contributed by atoms with van der Waals surface area (Å²) in [6.45, 7) is 5.31. The number of aliphatic hydroxyl groups excluding tert-OH is 1. The number of aryl methyl sites for hydroxylation is 2. The summed E-state index contributed by atoms with van der Waals surface area (Å²) in [6.07, 6.45) is 4.20. The van der Waals surface area contributed by atoms with E-state index in [2.05, 4.69) is 37.4 Å². The molecule has 0 aliphatic heterocycles. The van der Waals surface area contributed by atoms with Gasteiger partial charge in [-0.05, 0) is 68.7 Å². The quantitative estimate of drug-likeness (QED) is 0.840. The van der Waals surface area contributed by atoms with Crippen molar-refractivity contribution in [2.45, 2.75) is 45.6 Å². The van der Waals surface area contributed by atoms with Crippen LogP contribution in [0.5, 0.6) is 0 Å². The number of benzene rings is 1. The molecule has 0 unspecified atom stereocenters. The van der Waals surface area contributed by atoms with Crippen molar-refractivity contribution in [1.82, 2.24) is 0 Å². The van der Waals surface area contributed by atoms with E-state index in [0.717, 1.165) is 38.1 Å². The molecule has 17 heavy (non-hydrogen) atoms. The minimum Gasteiger partial charge on any atom is -0.393 e. The number of hydrogen-bond donors (Lipinski definition) is 2. The van der Waals surface area contributed by atoms with Crippen molar-refractivity contribution in [2.24, 2.45) is 5.92 Å². The summed E-state index contributed by atoms with van der Waals surface area (Å²) in [5.41, 5.74) is 3.85. The van der Waals surface area contributed by atoms with E-state index < -0.39 is 0 Å². The first kappa shape index (κ1) is 12.4. The van der Waals surface area contributed by atoms with Crippen LogP contribution in [0.4, 0.5) is 5.69 Å². The van der Waals surface area contributed by atoms with Gasteiger partial charge in [0.2, 0.25) is 0 Å². The Balaban J connectivity index is 1.85. The molecular weight excluding hydrogens is 210 g/mol. The zero-order valence-electron chi connectivity index (χ0n) is 10.9. The van der Waals surface area contributed by atoms with Gasteiger partial charge in [0.05, 0.1) is 6.10 Å². The van der Waals surface area contributed by atoms with Crippen LogP contribution in [0.3, 0.4) is 0 Å². The molecule has 1 aliphatic carbocycles. The highest BCUT2D eigenvalue weighted by Gasteiger charge is 2.18. The highest BCUT2D eigenvalue weighted by molar-refractivity contribution is 5.48. The lowest BCUT2D eigenvalue weighted by molar-refractivity contribution is 0.111. The van der Waals surface area contributed by atoms with Gasteiger partial charge in [0.1, 0.15) is 0 Å². The van der Waals surface area contributed by atoms with Crippen molar-refractivity contribution in [2.75, 3.05) is 11.9 Å². The van der Waals surface area contributed by atoms with Gasteiger partial charge in [-0.2, -0.15) is 0 Å². The molecule has 0 bridgehead atoms. The maximum Gasteiger partial charge on any atom is 0.0540 e. The van der Waals surface area contributed by atoms with Gasteiger partial charge in [0.15, 0.2) is 0 Å². The van der Waals surface area contributed by atoms with Gasteiger partial charge in [0, 0.05) is 12.2 Å². The van der Waals surface area contributed by atoms with E-state index in [0.29, 0.717) is 0 Å². The summed E-state index contributed by atoms with van der Waals surface area (Å²) in [7, 11) is 0. The Hall–Kier alpha value is -1.02. The van der Waals surface area contributed by atoms with Crippen molar-refractivity contribution in [3.63, 3.8) is 0 Å². The predicted molar refractivity (Wildman–Crippen MR) is 72.4 cm³/mol. The molecular formula is C15H23NO. The Morgan fingerprint density at radius 1 is 1.06 bits per heavy atom. The molecule has 0 aromatic heterocycles. The fourth-order valence-corrected chi connectivity index (χ4v) is 2.69. The molecule has 1 saturated carbocycles. The second kappa shape index (κ2) is 5.54. The third-order valence-corrected chi connectivity index (χ3v) is 3.63. The van der Waals surface area contributed by atoms with Crippen LogP contribution >= 0.6 is 0 Å². The normalized spacial score (nSPS) is 24.6. The van der Waals surface area contributed by atoms with Gasteiger partial charge in [-0.3, -0.25) is 0 Å². The van der Waals surface area contributed by atoms with Crippen LogP contribution in [0.2, 0.25) is 0 Å². The SMILES string of the molecule is Cc1cc(C)cc(NCC2CCC(O)CC2)c1. The zero-order chi connectivity index (χ0) is 12.3. The van der Waals surface area contributed by atoms with Crippen LogP contribution in [0.25, 0.3) is 0 Å². The molecule has 0 spiro atoms. The highest BCUT2D eigenvalue weighted by Crippen LogP contribution is 2.24. The van der Waals surface area contributed by atoms with Crippen molar-refractivity contribution in [3.8, 4) is 0 Å². The number of hydrogen-bond acceptors (Lipinski definition) is 2. The molecule has 2 N–H and O–H groups in total. The van der Waals surface area contributed by atoms with Gasteiger partial charge < -0.3 is 10.4 Å². The Kier molecular flexibility index (Phi) is 4.06. The summed E-state index contributed by atoms with van der Waals surface area (Å²) < 4.78 is 0. The lowest BCUT2D eigenvalue weighted by atomic mass is 9.87. The third kappa shape index (κ3) is 3.74. The monoisotopic (exact) mass is 233 g/mol. The van der Waals surface area contributed by atoms with E-state index in [1.54, 1.807) is 0 Å². The number of rotatable bonds is 3. The minimum absolute atomic E-state index is 0.0486. The fourth-order valence-electron chi connectivity index (χ4n) is 2.69. The number of nitrogens with one attached hydrogen (secondary N) is 1.